The van der Waals surface area contributed by atoms with E-state index in [1.807, 2.05) is 66.9 Å². The zero-order valence-electron chi connectivity index (χ0n) is 15.2. The summed E-state index contributed by atoms with van der Waals surface area (Å²) in [4.78, 5) is 23.7. The molecule has 5 heteroatoms. The molecule has 2 aromatic heterocycles. The number of carbonyl (C=O) groups excluding carboxylic acids is 1. The number of aromatic nitrogens is 2. The second-order valence-corrected chi connectivity index (χ2v) is 6.35. The van der Waals surface area contributed by atoms with Crippen molar-refractivity contribution in [2.45, 2.75) is 0 Å². The van der Waals surface area contributed by atoms with Gasteiger partial charge in [0, 0.05) is 46.8 Å². The highest BCUT2D eigenvalue weighted by molar-refractivity contribution is 5.99. The van der Waals surface area contributed by atoms with Gasteiger partial charge >= 0.3 is 0 Å². The first-order valence-electron chi connectivity index (χ1n) is 9.00. The van der Waals surface area contributed by atoms with Crippen molar-refractivity contribution < 1.29 is 9.53 Å². The smallest absolute Gasteiger partial charge is 0.191 e. The molecule has 1 N–H and O–H groups in total. The number of fused-ring (bicyclic) bond motifs is 1. The van der Waals surface area contributed by atoms with Crippen LogP contribution in [0.5, 0.6) is 5.75 Å². The van der Waals surface area contributed by atoms with Crippen LogP contribution < -0.4 is 4.74 Å². The SMILES string of the molecule is O=C(CN=Cc1cccc2[nH]ccc12)COc1cccc(-c2cccnc2)c1. The van der Waals surface area contributed by atoms with Crippen molar-refractivity contribution in [2.24, 2.45) is 4.99 Å². The van der Waals surface area contributed by atoms with E-state index in [1.165, 1.54) is 0 Å². The van der Waals surface area contributed by atoms with Crippen LogP contribution in [0.4, 0.5) is 0 Å². The second kappa shape index (κ2) is 8.31. The predicted molar refractivity (Wildman–Crippen MR) is 111 cm³/mol. The van der Waals surface area contributed by atoms with Gasteiger partial charge in [-0.1, -0.05) is 30.3 Å². The molecule has 0 amide bonds. The molecule has 2 heterocycles. The van der Waals surface area contributed by atoms with Gasteiger partial charge in [-0.05, 0) is 35.9 Å². The highest BCUT2D eigenvalue weighted by Gasteiger charge is 2.05. The molecule has 4 rings (SSSR count). The molecule has 0 bridgehead atoms. The van der Waals surface area contributed by atoms with Crippen molar-refractivity contribution in [3.63, 3.8) is 0 Å². The Hall–Kier alpha value is -3.73. The zero-order valence-corrected chi connectivity index (χ0v) is 15.2. The lowest BCUT2D eigenvalue weighted by Gasteiger charge is -2.07. The minimum Gasteiger partial charge on any atom is -0.486 e. The average molecular weight is 369 g/mol. The highest BCUT2D eigenvalue weighted by atomic mass is 16.5. The van der Waals surface area contributed by atoms with E-state index in [9.17, 15) is 4.79 Å². The van der Waals surface area contributed by atoms with Gasteiger partial charge in [-0.2, -0.15) is 0 Å². The number of pyridine rings is 1. The largest absolute Gasteiger partial charge is 0.486 e. The molecule has 0 saturated carbocycles. The molecule has 28 heavy (non-hydrogen) atoms. The Balaban J connectivity index is 1.34. The molecule has 0 unspecified atom stereocenters. The van der Waals surface area contributed by atoms with Crippen LogP contribution in [0.3, 0.4) is 0 Å². The maximum atomic E-state index is 12.1. The number of ether oxygens (including phenoxy) is 1. The van der Waals surface area contributed by atoms with Crippen molar-refractivity contribution in [3.8, 4) is 16.9 Å². The first-order chi connectivity index (χ1) is 13.8. The number of hydrogen-bond acceptors (Lipinski definition) is 4. The fraction of sp³-hybridized carbons (Fsp3) is 0.0870. The van der Waals surface area contributed by atoms with Gasteiger partial charge < -0.3 is 9.72 Å². The fourth-order valence-corrected chi connectivity index (χ4v) is 2.98. The van der Waals surface area contributed by atoms with E-state index in [4.69, 9.17) is 4.74 Å². The van der Waals surface area contributed by atoms with E-state index < -0.39 is 0 Å². The molecule has 0 atom stereocenters. The molecule has 4 aromatic rings. The third-order valence-electron chi connectivity index (χ3n) is 4.36. The third kappa shape index (κ3) is 4.15. The van der Waals surface area contributed by atoms with Crippen molar-refractivity contribution in [1.29, 1.82) is 0 Å². The number of nitrogens with zero attached hydrogens (tertiary/aromatic N) is 2. The van der Waals surface area contributed by atoms with Crippen LogP contribution in [0, 0.1) is 0 Å². The van der Waals surface area contributed by atoms with E-state index in [2.05, 4.69) is 15.0 Å². The molecule has 2 aromatic carbocycles. The Bertz CT molecular complexity index is 1120. The maximum Gasteiger partial charge on any atom is 0.191 e. The number of hydrogen-bond donors (Lipinski definition) is 1. The maximum absolute atomic E-state index is 12.1. The number of Topliss-reactive ketones (excluding diaryl/α,β-unsaturated/α-hetero) is 1. The summed E-state index contributed by atoms with van der Waals surface area (Å²) in [6.07, 6.45) is 7.15. The molecule has 138 valence electrons. The second-order valence-electron chi connectivity index (χ2n) is 6.35. The van der Waals surface area contributed by atoms with Crippen LogP contribution in [-0.4, -0.2) is 35.1 Å². The number of aliphatic imine (C=N–C) groups is 1. The van der Waals surface area contributed by atoms with Gasteiger partial charge in [-0.3, -0.25) is 14.8 Å². The van der Waals surface area contributed by atoms with Crippen LogP contribution in [0.1, 0.15) is 5.56 Å². The molecule has 0 spiro atoms. The summed E-state index contributed by atoms with van der Waals surface area (Å²) in [5.41, 5.74) is 4.03. The van der Waals surface area contributed by atoms with E-state index in [0.29, 0.717) is 5.75 Å². The molecule has 0 saturated heterocycles. The van der Waals surface area contributed by atoms with Crippen LogP contribution in [0.25, 0.3) is 22.0 Å². The minimum atomic E-state index is -0.0794. The van der Waals surface area contributed by atoms with Crippen molar-refractivity contribution in [3.05, 3.63) is 84.8 Å². The number of nitrogens with one attached hydrogen (secondary N) is 1. The Morgan fingerprint density at radius 2 is 1.96 bits per heavy atom. The monoisotopic (exact) mass is 369 g/mol. The van der Waals surface area contributed by atoms with E-state index in [0.717, 1.165) is 27.6 Å². The standard InChI is InChI=1S/C23H19N3O2/c27-20(15-25-14-19-5-2-8-23-22(19)9-11-26-23)16-28-21-7-1-4-17(12-21)18-6-3-10-24-13-18/h1-14,26H,15-16H2. The molecule has 5 nitrogen and oxygen atoms in total. The fourth-order valence-electron chi connectivity index (χ4n) is 2.98. The summed E-state index contributed by atoms with van der Waals surface area (Å²) < 4.78 is 5.64. The predicted octanol–water partition coefficient (Wildman–Crippen LogP) is 4.30. The summed E-state index contributed by atoms with van der Waals surface area (Å²) in [5.74, 6) is 0.569. The number of carbonyl (C=O) groups is 1. The third-order valence-corrected chi connectivity index (χ3v) is 4.36. The van der Waals surface area contributed by atoms with Crippen LogP contribution in [0.2, 0.25) is 0 Å². The van der Waals surface area contributed by atoms with Crippen LogP contribution >= 0.6 is 0 Å². The van der Waals surface area contributed by atoms with Gasteiger partial charge in [0.05, 0.1) is 0 Å². The number of benzene rings is 2. The topological polar surface area (TPSA) is 67.3 Å². The summed E-state index contributed by atoms with van der Waals surface area (Å²) in [6, 6.07) is 19.4. The van der Waals surface area contributed by atoms with Crippen molar-refractivity contribution in [2.75, 3.05) is 13.2 Å². The quantitative estimate of drug-likeness (QED) is 0.494. The molecular formula is C23H19N3O2. The minimum absolute atomic E-state index is 0.0117. The Morgan fingerprint density at radius 1 is 1.07 bits per heavy atom. The highest BCUT2D eigenvalue weighted by Crippen LogP contribution is 2.23. The average Bonchev–Trinajstić information content (AvgIpc) is 3.23. The molecule has 0 aliphatic heterocycles. The lowest BCUT2D eigenvalue weighted by atomic mass is 10.1. The summed E-state index contributed by atoms with van der Waals surface area (Å²) in [5, 5.41) is 1.09. The number of rotatable bonds is 7. The number of ketones is 1. The Morgan fingerprint density at radius 3 is 2.86 bits per heavy atom. The van der Waals surface area contributed by atoms with Gasteiger partial charge in [0.15, 0.2) is 5.78 Å². The van der Waals surface area contributed by atoms with Gasteiger partial charge in [0.1, 0.15) is 18.9 Å². The lowest BCUT2D eigenvalue weighted by Crippen LogP contribution is -2.14. The molecule has 0 aliphatic carbocycles. The van der Waals surface area contributed by atoms with E-state index in [-0.39, 0.29) is 18.9 Å². The lowest BCUT2D eigenvalue weighted by molar-refractivity contribution is -0.119. The molecular weight excluding hydrogens is 350 g/mol. The van der Waals surface area contributed by atoms with E-state index in [1.54, 1.807) is 18.6 Å². The van der Waals surface area contributed by atoms with E-state index >= 15 is 0 Å². The molecule has 0 radical (unpaired) electrons. The summed E-state index contributed by atoms with van der Waals surface area (Å²) in [7, 11) is 0. The Labute approximate surface area is 162 Å². The first kappa shape index (κ1) is 17.7. The summed E-state index contributed by atoms with van der Waals surface area (Å²) >= 11 is 0. The molecule has 0 fully saturated rings. The summed E-state index contributed by atoms with van der Waals surface area (Å²) in [6.45, 7) is 0.0747. The van der Waals surface area contributed by atoms with Crippen LogP contribution in [0.15, 0.2) is 84.2 Å². The van der Waals surface area contributed by atoms with Gasteiger partial charge in [-0.15, -0.1) is 0 Å². The normalized spacial score (nSPS) is 11.1. The first-order valence-corrected chi connectivity index (χ1v) is 9.00. The molecule has 0 aliphatic rings. The number of aromatic amines is 1. The van der Waals surface area contributed by atoms with Gasteiger partial charge in [0.2, 0.25) is 0 Å². The van der Waals surface area contributed by atoms with Crippen molar-refractivity contribution >= 4 is 22.9 Å². The van der Waals surface area contributed by atoms with Crippen molar-refractivity contribution in [1.82, 2.24) is 9.97 Å². The Kier molecular flexibility index (Phi) is 5.24. The van der Waals surface area contributed by atoms with Crippen LogP contribution in [-0.2, 0) is 4.79 Å². The zero-order chi connectivity index (χ0) is 19.2. The number of H-pyrrole nitrogens is 1. The van der Waals surface area contributed by atoms with Gasteiger partial charge in [-0.25, -0.2) is 0 Å². The van der Waals surface area contributed by atoms with Gasteiger partial charge in [0.25, 0.3) is 0 Å².